The summed E-state index contributed by atoms with van der Waals surface area (Å²) in [4.78, 5) is 21.0. The smallest absolute Gasteiger partial charge is 0.283 e. The SMILES string of the molecule is CC(C)c1cccnc1C(=O)Nc1ccc(Cl)c([C@@]2(C(F)F)N=C(N)O[C@@H]3C[C@@H]32)c1. The van der Waals surface area contributed by atoms with Crippen molar-refractivity contribution >= 4 is 29.2 Å². The van der Waals surface area contributed by atoms with Crippen LogP contribution in [0, 0.1) is 5.92 Å². The number of fused-ring (bicyclic) bond motifs is 1. The number of amides is 1. The molecule has 2 aromatic rings. The number of alkyl halides is 2. The summed E-state index contributed by atoms with van der Waals surface area (Å²) in [6, 6.07) is 7.77. The third-order valence-electron chi connectivity index (χ3n) is 5.53. The van der Waals surface area contributed by atoms with Crippen LogP contribution in [-0.2, 0) is 10.3 Å². The second-order valence-corrected chi connectivity index (χ2v) is 8.23. The van der Waals surface area contributed by atoms with Crippen LogP contribution in [-0.4, -0.2) is 29.4 Å². The van der Waals surface area contributed by atoms with Crippen LogP contribution in [0.3, 0.4) is 0 Å². The fraction of sp³-hybridized carbons (Fsp3) is 0.381. The van der Waals surface area contributed by atoms with Gasteiger partial charge in [-0.1, -0.05) is 31.5 Å². The van der Waals surface area contributed by atoms with Gasteiger partial charge in [-0.25, -0.2) is 13.8 Å². The summed E-state index contributed by atoms with van der Waals surface area (Å²) in [5.41, 5.74) is 5.26. The van der Waals surface area contributed by atoms with Gasteiger partial charge in [0, 0.05) is 28.4 Å². The zero-order valence-electron chi connectivity index (χ0n) is 16.4. The average Bonchev–Trinajstić information content (AvgIpc) is 3.48. The Balaban J connectivity index is 1.71. The molecule has 1 aliphatic carbocycles. The van der Waals surface area contributed by atoms with Crippen LogP contribution >= 0.6 is 11.6 Å². The maximum Gasteiger partial charge on any atom is 0.283 e. The first-order chi connectivity index (χ1) is 14.2. The van der Waals surface area contributed by atoms with Crippen LogP contribution < -0.4 is 11.1 Å². The molecular formula is C21H21ClF2N4O2. The predicted molar refractivity (Wildman–Crippen MR) is 110 cm³/mol. The van der Waals surface area contributed by atoms with Crippen molar-refractivity contribution < 1.29 is 18.3 Å². The quantitative estimate of drug-likeness (QED) is 0.734. The number of rotatable bonds is 5. The molecule has 1 aromatic heterocycles. The molecule has 4 rings (SSSR count). The standard InChI is InChI=1S/C21H21ClF2N4O2/c1-10(2)12-4-3-7-26-17(12)18(29)27-11-5-6-15(22)13(8-11)21(19(23)24)14-9-16(14)30-20(25)28-21/h3-8,10,14,16,19H,9H2,1-2H3,(H2,25,28)(H,27,29)/t14-,16+,21+/m0/s1. The van der Waals surface area contributed by atoms with Gasteiger partial charge >= 0.3 is 0 Å². The molecule has 0 saturated heterocycles. The fourth-order valence-electron chi connectivity index (χ4n) is 3.97. The van der Waals surface area contributed by atoms with Crippen molar-refractivity contribution in [2.24, 2.45) is 16.6 Å². The number of aliphatic imine (C=N–C) groups is 1. The van der Waals surface area contributed by atoms with E-state index in [2.05, 4.69) is 15.3 Å². The first-order valence-electron chi connectivity index (χ1n) is 9.60. The van der Waals surface area contributed by atoms with Crippen molar-refractivity contribution in [2.75, 3.05) is 5.32 Å². The lowest BCUT2D eigenvalue weighted by Gasteiger charge is -2.33. The van der Waals surface area contributed by atoms with Gasteiger partial charge in [0.05, 0.1) is 0 Å². The van der Waals surface area contributed by atoms with Gasteiger partial charge in [-0.2, -0.15) is 0 Å². The molecule has 3 atom stereocenters. The lowest BCUT2D eigenvalue weighted by molar-refractivity contribution is 0.0197. The van der Waals surface area contributed by atoms with Crippen molar-refractivity contribution in [1.82, 2.24) is 4.98 Å². The van der Waals surface area contributed by atoms with Gasteiger partial charge in [0.15, 0.2) is 5.54 Å². The van der Waals surface area contributed by atoms with Crippen LogP contribution in [0.5, 0.6) is 0 Å². The number of hydrogen-bond donors (Lipinski definition) is 2. The predicted octanol–water partition coefficient (Wildman–Crippen LogP) is 4.30. The number of ether oxygens (including phenoxy) is 1. The topological polar surface area (TPSA) is 89.6 Å². The lowest BCUT2D eigenvalue weighted by atomic mass is 9.84. The first kappa shape index (κ1) is 20.5. The van der Waals surface area contributed by atoms with E-state index in [4.69, 9.17) is 22.1 Å². The highest BCUT2D eigenvalue weighted by atomic mass is 35.5. The zero-order valence-corrected chi connectivity index (χ0v) is 17.2. The van der Waals surface area contributed by atoms with E-state index >= 15 is 0 Å². The molecule has 158 valence electrons. The molecule has 0 spiro atoms. The summed E-state index contributed by atoms with van der Waals surface area (Å²) >= 11 is 6.31. The first-order valence-corrected chi connectivity index (χ1v) is 9.98. The Morgan fingerprint density at radius 1 is 1.37 bits per heavy atom. The van der Waals surface area contributed by atoms with E-state index in [-0.39, 0.29) is 28.2 Å². The van der Waals surface area contributed by atoms with E-state index in [1.54, 1.807) is 12.1 Å². The second kappa shape index (κ2) is 7.50. The molecule has 30 heavy (non-hydrogen) atoms. The van der Waals surface area contributed by atoms with Crippen LogP contribution in [0.15, 0.2) is 41.5 Å². The lowest BCUT2D eigenvalue weighted by Crippen LogP contribution is -2.43. The number of nitrogens with two attached hydrogens (primary N) is 1. The van der Waals surface area contributed by atoms with Gasteiger partial charge in [0.2, 0.25) is 0 Å². The number of carbonyl (C=O) groups is 1. The van der Waals surface area contributed by atoms with Gasteiger partial charge in [-0.05, 0) is 42.2 Å². The number of amidine groups is 1. The second-order valence-electron chi connectivity index (χ2n) is 7.82. The molecule has 1 fully saturated rings. The minimum absolute atomic E-state index is 0.0914. The highest BCUT2D eigenvalue weighted by Gasteiger charge is 2.64. The minimum atomic E-state index is -2.85. The van der Waals surface area contributed by atoms with Gasteiger partial charge in [0.1, 0.15) is 11.8 Å². The summed E-state index contributed by atoms with van der Waals surface area (Å²) in [6.07, 6.45) is -1.31. The molecule has 2 aliphatic rings. The van der Waals surface area contributed by atoms with E-state index < -0.39 is 29.9 Å². The molecule has 0 unspecified atom stereocenters. The molecule has 9 heteroatoms. The molecule has 1 aliphatic heterocycles. The number of benzene rings is 1. The number of carbonyl (C=O) groups excluding carboxylic acids is 1. The van der Waals surface area contributed by atoms with Crippen molar-refractivity contribution in [3.05, 3.63) is 58.4 Å². The molecule has 3 N–H and O–H groups in total. The zero-order chi connectivity index (χ0) is 21.6. The van der Waals surface area contributed by atoms with Gasteiger partial charge in [-0.3, -0.25) is 9.78 Å². The molecule has 0 bridgehead atoms. The van der Waals surface area contributed by atoms with Crippen LogP contribution in [0.2, 0.25) is 5.02 Å². The summed E-state index contributed by atoms with van der Waals surface area (Å²) < 4.78 is 33.9. The number of nitrogens with one attached hydrogen (secondary N) is 1. The third-order valence-corrected chi connectivity index (χ3v) is 5.86. The third kappa shape index (κ3) is 3.39. The maximum absolute atomic E-state index is 14.3. The van der Waals surface area contributed by atoms with E-state index in [9.17, 15) is 13.6 Å². The van der Waals surface area contributed by atoms with E-state index in [0.717, 1.165) is 5.56 Å². The highest BCUT2D eigenvalue weighted by Crippen LogP contribution is 2.57. The number of halogens is 3. The van der Waals surface area contributed by atoms with Crippen molar-refractivity contribution in [2.45, 2.75) is 44.3 Å². The van der Waals surface area contributed by atoms with Gasteiger partial charge in [-0.15, -0.1) is 0 Å². The largest absolute Gasteiger partial charge is 0.462 e. The number of nitrogens with zero attached hydrogens (tertiary/aromatic N) is 2. The molecule has 2 heterocycles. The van der Waals surface area contributed by atoms with Crippen molar-refractivity contribution in [1.29, 1.82) is 0 Å². The van der Waals surface area contributed by atoms with E-state index in [1.807, 2.05) is 19.9 Å². The van der Waals surface area contributed by atoms with Crippen LogP contribution in [0.1, 0.15) is 47.8 Å². The summed E-state index contributed by atoms with van der Waals surface area (Å²) in [5, 5.41) is 2.86. The average molecular weight is 435 g/mol. The Bertz CT molecular complexity index is 1030. The Morgan fingerprint density at radius 3 is 2.83 bits per heavy atom. The molecule has 1 amide bonds. The Morgan fingerprint density at radius 2 is 2.13 bits per heavy atom. The van der Waals surface area contributed by atoms with Gasteiger partial charge < -0.3 is 15.8 Å². The normalized spacial score (nSPS) is 24.8. The van der Waals surface area contributed by atoms with Crippen molar-refractivity contribution in [3.63, 3.8) is 0 Å². The summed E-state index contributed by atoms with van der Waals surface area (Å²) in [6.45, 7) is 3.92. The minimum Gasteiger partial charge on any atom is -0.462 e. The molecule has 0 radical (unpaired) electrons. The molecular weight excluding hydrogens is 414 g/mol. The van der Waals surface area contributed by atoms with Crippen LogP contribution in [0.4, 0.5) is 14.5 Å². The Labute approximate surface area is 177 Å². The maximum atomic E-state index is 14.3. The van der Waals surface area contributed by atoms with E-state index in [0.29, 0.717) is 12.1 Å². The summed E-state index contributed by atoms with van der Waals surface area (Å²) in [5.74, 6) is -0.872. The molecule has 1 saturated carbocycles. The summed E-state index contributed by atoms with van der Waals surface area (Å²) in [7, 11) is 0. The Kier molecular flexibility index (Phi) is 5.13. The van der Waals surface area contributed by atoms with Crippen LogP contribution in [0.25, 0.3) is 0 Å². The highest BCUT2D eigenvalue weighted by molar-refractivity contribution is 6.31. The van der Waals surface area contributed by atoms with Gasteiger partial charge in [0.25, 0.3) is 18.4 Å². The molecule has 1 aromatic carbocycles. The van der Waals surface area contributed by atoms with E-state index in [1.165, 1.54) is 18.3 Å². The number of pyridine rings is 1. The van der Waals surface area contributed by atoms with Crippen molar-refractivity contribution in [3.8, 4) is 0 Å². The number of anilines is 1. The monoisotopic (exact) mass is 434 g/mol. The number of aromatic nitrogens is 1. The fourth-order valence-corrected chi connectivity index (χ4v) is 4.24. The Hall–Kier alpha value is -2.74. The molecule has 6 nitrogen and oxygen atoms in total. The number of hydrogen-bond acceptors (Lipinski definition) is 5.